The lowest BCUT2D eigenvalue weighted by Crippen LogP contribution is -2.24. The van der Waals surface area contributed by atoms with E-state index < -0.39 is 0 Å². The Labute approximate surface area is 103 Å². The third-order valence-electron chi connectivity index (χ3n) is 2.30. The minimum absolute atomic E-state index is 0.0189. The van der Waals surface area contributed by atoms with E-state index in [4.69, 9.17) is 4.74 Å². The second-order valence-electron chi connectivity index (χ2n) is 4.30. The standard InChI is InChI=1S/C14H21NO2/c1-4-5-10-15-14(16)12-6-8-13(9-7-12)17-11(2)3/h6-9,11H,4-5,10H2,1-3H3,(H,15,16). The van der Waals surface area contributed by atoms with Crippen LogP contribution < -0.4 is 10.1 Å². The van der Waals surface area contributed by atoms with Crippen molar-refractivity contribution in [3.63, 3.8) is 0 Å². The first-order valence-corrected chi connectivity index (χ1v) is 6.18. The van der Waals surface area contributed by atoms with Crippen molar-refractivity contribution in [2.75, 3.05) is 6.54 Å². The molecular weight excluding hydrogens is 214 g/mol. The SMILES string of the molecule is CCCCNC(=O)c1ccc(OC(C)C)cc1. The highest BCUT2D eigenvalue weighted by molar-refractivity contribution is 5.94. The number of nitrogens with one attached hydrogen (secondary N) is 1. The predicted octanol–water partition coefficient (Wildman–Crippen LogP) is 3.00. The van der Waals surface area contributed by atoms with Gasteiger partial charge in [0, 0.05) is 12.1 Å². The molecule has 0 aliphatic rings. The molecule has 3 nitrogen and oxygen atoms in total. The number of hydrogen-bond acceptors (Lipinski definition) is 2. The smallest absolute Gasteiger partial charge is 0.251 e. The maximum absolute atomic E-state index is 11.7. The Morgan fingerprint density at radius 2 is 1.94 bits per heavy atom. The molecule has 0 fully saturated rings. The molecule has 94 valence electrons. The Morgan fingerprint density at radius 3 is 2.47 bits per heavy atom. The molecule has 1 N–H and O–H groups in total. The van der Waals surface area contributed by atoms with Crippen molar-refractivity contribution in [2.45, 2.75) is 39.7 Å². The molecule has 0 heterocycles. The van der Waals surface area contributed by atoms with Crippen molar-refractivity contribution in [3.05, 3.63) is 29.8 Å². The second-order valence-corrected chi connectivity index (χ2v) is 4.30. The summed E-state index contributed by atoms with van der Waals surface area (Å²) in [4.78, 5) is 11.7. The zero-order valence-corrected chi connectivity index (χ0v) is 10.8. The molecule has 0 atom stereocenters. The van der Waals surface area contributed by atoms with Gasteiger partial charge in [0.15, 0.2) is 0 Å². The number of ether oxygens (including phenoxy) is 1. The first-order valence-electron chi connectivity index (χ1n) is 6.18. The molecule has 0 bridgehead atoms. The van der Waals surface area contributed by atoms with E-state index in [-0.39, 0.29) is 12.0 Å². The van der Waals surface area contributed by atoms with Crippen LogP contribution in [-0.4, -0.2) is 18.6 Å². The molecule has 1 amide bonds. The van der Waals surface area contributed by atoms with Gasteiger partial charge in [-0.1, -0.05) is 13.3 Å². The Kier molecular flexibility index (Phi) is 5.53. The van der Waals surface area contributed by atoms with E-state index in [0.717, 1.165) is 25.1 Å². The number of amides is 1. The normalized spacial score (nSPS) is 10.4. The summed E-state index contributed by atoms with van der Waals surface area (Å²) in [6.07, 6.45) is 2.25. The van der Waals surface area contributed by atoms with Gasteiger partial charge in [-0.15, -0.1) is 0 Å². The molecule has 1 aromatic rings. The van der Waals surface area contributed by atoms with Gasteiger partial charge in [0.05, 0.1) is 6.10 Å². The monoisotopic (exact) mass is 235 g/mol. The minimum Gasteiger partial charge on any atom is -0.491 e. The Hall–Kier alpha value is -1.51. The van der Waals surface area contributed by atoms with E-state index in [1.165, 1.54) is 0 Å². The van der Waals surface area contributed by atoms with E-state index in [9.17, 15) is 4.79 Å². The number of benzene rings is 1. The van der Waals surface area contributed by atoms with Crippen molar-refractivity contribution in [1.82, 2.24) is 5.32 Å². The van der Waals surface area contributed by atoms with Gasteiger partial charge in [-0.2, -0.15) is 0 Å². The van der Waals surface area contributed by atoms with Gasteiger partial charge in [-0.25, -0.2) is 0 Å². The van der Waals surface area contributed by atoms with Crippen molar-refractivity contribution in [3.8, 4) is 5.75 Å². The summed E-state index contributed by atoms with van der Waals surface area (Å²) in [5.41, 5.74) is 0.678. The summed E-state index contributed by atoms with van der Waals surface area (Å²) in [6.45, 7) is 6.79. The molecule has 0 aromatic heterocycles. The molecule has 0 radical (unpaired) electrons. The largest absolute Gasteiger partial charge is 0.491 e. The fourth-order valence-electron chi connectivity index (χ4n) is 1.44. The van der Waals surface area contributed by atoms with Gasteiger partial charge in [0.25, 0.3) is 5.91 Å². The highest BCUT2D eigenvalue weighted by Gasteiger charge is 2.05. The Bertz CT molecular complexity index is 344. The van der Waals surface area contributed by atoms with Gasteiger partial charge in [0.1, 0.15) is 5.75 Å². The fraction of sp³-hybridized carbons (Fsp3) is 0.500. The zero-order valence-electron chi connectivity index (χ0n) is 10.8. The lowest BCUT2D eigenvalue weighted by molar-refractivity contribution is 0.0953. The van der Waals surface area contributed by atoms with Crippen LogP contribution in [0, 0.1) is 0 Å². The van der Waals surface area contributed by atoms with Crippen molar-refractivity contribution < 1.29 is 9.53 Å². The molecular formula is C14H21NO2. The first kappa shape index (κ1) is 13.6. The lowest BCUT2D eigenvalue weighted by Gasteiger charge is -2.10. The first-order chi connectivity index (χ1) is 8.13. The Morgan fingerprint density at radius 1 is 1.29 bits per heavy atom. The molecule has 1 aromatic carbocycles. The van der Waals surface area contributed by atoms with Crippen LogP contribution in [0.15, 0.2) is 24.3 Å². The highest BCUT2D eigenvalue weighted by Crippen LogP contribution is 2.13. The molecule has 0 saturated carbocycles. The van der Waals surface area contributed by atoms with Gasteiger partial charge in [0.2, 0.25) is 0 Å². The maximum Gasteiger partial charge on any atom is 0.251 e. The molecule has 3 heteroatoms. The molecule has 17 heavy (non-hydrogen) atoms. The average Bonchev–Trinajstić information content (AvgIpc) is 2.29. The van der Waals surface area contributed by atoms with E-state index in [0.29, 0.717) is 5.56 Å². The Balaban J connectivity index is 2.52. The van der Waals surface area contributed by atoms with Gasteiger partial charge in [-0.3, -0.25) is 4.79 Å². The van der Waals surface area contributed by atoms with Crippen LogP contribution in [0.1, 0.15) is 44.0 Å². The zero-order chi connectivity index (χ0) is 12.7. The third kappa shape index (κ3) is 4.89. The minimum atomic E-state index is -0.0189. The lowest BCUT2D eigenvalue weighted by atomic mass is 10.2. The third-order valence-corrected chi connectivity index (χ3v) is 2.30. The molecule has 0 saturated heterocycles. The summed E-state index contributed by atoms with van der Waals surface area (Å²) >= 11 is 0. The summed E-state index contributed by atoms with van der Waals surface area (Å²) in [5, 5.41) is 2.88. The molecule has 0 aliphatic heterocycles. The topological polar surface area (TPSA) is 38.3 Å². The van der Waals surface area contributed by atoms with E-state index in [1.54, 1.807) is 12.1 Å². The second kappa shape index (κ2) is 6.94. The molecule has 1 rings (SSSR count). The van der Waals surface area contributed by atoms with Crippen molar-refractivity contribution in [2.24, 2.45) is 0 Å². The van der Waals surface area contributed by atoms with Gasteiger partial charge >= 0.3 is 0 Å². The highest BCUT2D eigenvalue weighted by atomic mass is 16.5. The van der Waals surface area contributed by atoms with Crippen LogP contribution in [0.5, 0.6) is 5.75 Å². The van der Waals surface area contributed by atoms with Crippen LogP contribution in [-0.2, 0) is 0 Å². The predicted molar refractivity (Wildman–Crippen MR) is 69.4 cm³/mol. The number of carbonyl (C=O) groups excluding carboxylic acids is 1. The van der Waals surface area contributed by atoms with E-state index >= 15 is 0 Å². The van der Waals surface area contributed by atoms with Crippen LogP contribution >= 0.6 is 0 Å². The summed E-state index contributed by atoms with van der Waals surface area (Å²) in [5.74, 6) is 0.777. The average molecular weight is 235 g/mol. The summed E-state index contributed by atoms with van der Waals surface area (Å²) < 4.78 is 5.52. The molecule has 0 unspecified atom stereocenters. The van der Waals surface area contributed by atoms with Crippen LogP contribution in [0.3, 0.4) is 0 Å². The van der Waals surface area contributed by atoms with Gasteiger partial charge < -0.3 is 10.1 Å². The summed E-state index contributed by atoms with van der Waals surface area (Å²) in [6, 6.07) is 7.24. The van der Waals surface area contributed by atoms with Crippen LogP contribution in [0.2, 0.25) is 0 Å². The van der Waals surface area contributed by atoms with Crippen LogP contribution in [0.25, 0.3) is 0 Å². The van der Waals surface area contributed by atoms with Crippen molar-refractivity contribution >= 4 is 5.91 Å². The summed E-state index contributed by atoms with van der Waals surface area (Å²) in [7, 11) is 0. The number of carbonyl (C=O) groups is 1. The number of rotatable bonds is 6. The number of unbranched alkanes of at least 4 members (excludes halogenated alkanes) is 1. The van der Waals surface area contributed by atoms with Crippen molar-refractivity contribution in [1.29, 1.82) is 0 Å². The molecule has 0 aliphatic carbocycles. The van der Waals surface area contributed by atoms with E-state index in [2.05, 4.69) is 12.2 Å². The fourth-order valence-corrected chi connectivity index (χ4v) is 1.44. The van der Waals surface area contributed by atoms with Gasteiger partial charge in [-0.05, 0) is 44.5 Å². The maximum atomic E-state index is 11.7. The number of hydrogen-bond donors (Lipinski definition) is 1. The molecule has 0 spiro atoms. The quantitative estimate of drug-likeness (QED) is 0.770. The van der Waals surface area contributed by atoms with E-state index in [1.807, 2.05) is 26.0 Å². The van der Waals surface area contributed by atoms with Crippen LogP contribution in [0.4, 0.5) is 0 Å².